The lowest BCUT2D eigenvalue weighted by molar-refractivity contribution is -0.114. The molecule has 0 aliphatic rings. The Bertz CT molecular complexity index is 619. The highest BCUT2D eigenvalue weighted by Gasteiger charge is 2.04. The number of benzene rings is 2. The van der Waals surface area contributed by atoms with Gasteiger partial charge in [-0.25, -0.2) is 0 Å². The van der Waals surface area contributed by atoms with Crippen LogP contribution >= 0.6 is 0 Å². The molecule has 0 unspecified atom stereocenters. The summed E-state index contributed by atoms with van der Waals surface area (Å²) in [6.45, 7) is 3.99. The van der Waals surface area contributed by atoms with Crippen molar-refractivity contribution in [1.29, 1.82) is 0 Å². The highest BCUT2D eigenvalue weighted by Crippen LogP contribution is 2.13. The van der Waals surface area contributed by atoms with Crippen LogP contribution in [0.2, 0.25) is 0 Å². The second-order valence-corrected chi connectivity index (χ2v) is 5.02. The summed E-state index contributed by atoms with van der Waals surface area (Å²) in [5.74, 6) is -0.0889. The van der Waals surface area contributed by atoms with Crippen molar-refractivity contribution in [2.24, 2.45) is 0 Å². The lowest BCUT2D eigenvalue weighted by Gasteiger charge is -2.02. The summed E-state index contributed by atoms with van der Waals surface area (Å²) in [7, 11) is 0. The second-order valence-electron chi connectivity index (χ2n) is 5.02. The molecule has 102 valence electrons. The quantitative estimate of drug-likeness (QED) is 0.670. The molecule has 0 radical (unpaired) electrons. The summed E-state index contributed by atoms with van der Waals surface area (Å²) < 4.78 is 0. The van der Waals surface area contributed by atoms with E-state index >= 15 is 0 Å². The van der Waals surface area contributed by atoms with Gasteiger partial charge in [0.2, 0.25) is 0 Å². The molecule has 2 heteroatoms. The summed E-state index contributed by atoms with van der Waals surface area (Å²) in [4.78, 5) is 11.9. The van der Waals surface area contributed by atoms with Crippen molar-refractivity contribution in [3.05, 3.63) is 76.9 Å². The normalized spacial score (nSPS) is 11.4. The second kappa shape index (κ2) is 6.20. The van der Waals surface area contributed by atoms with Gasteiger partial charge in [0, 0.05) is 18.1 Å². The maximum atomic E-state index is 11.9. The van der Waals surface area contributed by atoms with Crippen LogP contribution in [0.25, 0.3) is 5.76 Å². The Labute approximate surface area is 119 Å². The molecular formula is C18H18O2. The molecule has 2 nitrogen and oxygen atoms in total. The van der Waals surface area contributed by atoms with E-state index in [1.807, 2.05) is 50.2 Å². The van der Waals surface area contributed by atoms with Crippen LogP contribution in [0.3, 0.4) is 0 Å². The topological polar surface area (TPSA) is 37.3 Å². The van der Waals surface area contributed by atoms with Crippen LogP contribution in [0.1, 0.15) is 22.3 Å². The van der Waals surface area contributed by atoms with Crippen molar-refractivity contribution in [2.45, 2.75) is 20.3 Å². The molecule has 0 aliphatic heterocycles. The maximum absolute atomic E-state index is 11.9. The largest absolute Gasteiger partial charge is 0.507 e. The van der Waals surface area contributed by atoms with Crippen LogP contribution in [0, 0.1) is 13.8 Å². The first-order valence-corrected chi connectivity index (χ1v) is 6.60. The van der Waals surface area contributed by atoms with Gasteiger partial charge in [-0.1, -0.05) is 59.7 Å². The van der Waals surface area contributed by atoms with Gasteiger partial charge in [-0.05, 0) is 19.4 Å². The fourth-order valence-corrected chi connectivity index (χ4v) is 1.92. The summed E-state index contributed by atoms with van der Waals surface area (Å²) >= 11 is 0. The van der Waals surface area contributed by atoms with E-state index in [4.69, 9.17) is 0 Å². The van der Waals surface area contributed by atoms with Crippen LogP contribution < -0.4 is 0 Å². The molecular weight excluding hydrogens is 248 g/mol. The number of aliphatic hydroxyl groups is 1. The van der Waals surface area contributed by atoms with Crippen molar-refractivity contribution >= 4 is 11.5 Å². The number of rotatable bonds is 4. The minimum atomic E-state index is -0.105. The molecule has 0 atom stereocenters. The van der Waals surface area contributed by atoms with Crippen LogP contribution in [-0.2, 0) is 11.2 Å². The van der Waals surface area contributed by atoms with Gasteiger partial charge in [0.1, 0.15) is 5.76 Å². The number of ketones is 1. The monoisotopic (exact) mass is 266 g/mol. The van der Waals surface area contributed by atoms with Crippen molar-refractivity contribution in [3.63, 3.8) is 0 Å². The predicted molar refractivity (Wildman–Crippen MR) is 81.7 cm³/mol. The van der Waals surface area contributed by atoms with Gasteiger partial charge in [0.25, 0.3) is 0 Å². The molecule has 0 aliphatic carbocycles. The molecule has 2 aromatic rings. The molecule has 0 aromatic heterocycles. The number of carbonyl (C=O) groups is 1. The molecule has 0 bridgehead atoms. The smallest absolute Gasteiger partial charge is 0.163 e. The number of aryl methyl sites for hydroxylation is 2. The van der Waals surface area contributed by atoms with Gasteiger partial charge in [0.15, 0.2) is 5.78 Å². The number of hydrogen-bond acceptors (Lipinski definition) is 2. The molecule has 0 saturated heterocycles. The van der Waals surface area contributed by atoms with Crippen molar-refractivity contribution in [3.8, 4) is 0 Å². The summed E-state index contributed by atoms with van der Waals surface area (Å²) in [6.07, 6.45) is 1.60. The van der Waals surface area contributed by atoms with Gasteiger partial charge in [-0.3, -0.25) is 4.79 Å². The zero-order valence-corrected chi connectivity index (χ0v) is 11.8. The highest BCUT2D eigenvalue weighted by molar-refractivity contribution is 5.96. The van der Waals surface area contributed by atoms with E-state index in [0.717, 1.165) is 11.1 Å². The van der Waals surface area contributed by atoms with E-state index in [1.54, 1.807) is 12.1 Å². The van der Waals surface area contributed by atoms with E-state index in [2.05, 4.69) is 0 Å². The van der Waals surface area contributed by atoms with Gasteiger partial charge in [-0.15, -0.1) is 0 Å². The van der Waals surface area contributed by atoms with Gasteiger partial charge < -0.3 is 5.11 Å². The Kier molecular flexibility index (Phi) is 4.36. The summed E-state index contributed by atoms with van der Waals surface area (Å²) in [6, 6.07) is 15.3. The number of allylic oxidation sites excluding steroid dienone is 1. The molecule has 0 saturated carbocycles. The zero-order chi connectivity index (χ0) is 14.5. The molecule has 2 rings (SSSR count). The molecule has 1 N–H and O–H groups in total. The van der Waals surface area contributed by atoms with Crippen molar-refractivity contribution in [2.75, 3.05) is 0 Å². The molecule has 0 spiro atoms. The Morgan fingerprint density at radius 2 is 1.45 bits per heavy atom. The van der Waals surface area contributed by atoms with Crippen LogP contribution in [0.5, 0.6) is 0 Å². The molecule has 20 heavy (non-hydrogen) atoms. The van der Waals surface area contributed by atoms with E-state index in [1.165, 1.54) is 11.6 Å². The Morgan fingerprint density at radius 1 is 0.950 bits per heavy atom. The molecule has 0 amide bonds. The minimum absolute atomic E-state index is 0.0158. The standard InChI is InChI=1S/C18H18O2/c1-13-3-7-15(8-4-13)11-17(19)12-18(20)16-9-5-14(2)6-10-16/h3-10,12,20H,11H2,1-2H3/b18-12+. The summed E-state index contributed by atoms with van der Waals surface area (Å²) in [5.41, 5.74) is 3.90. The van der Waals surface area contributed by atoms with Gasteiger partial charge in [-0.2, -0.15) is 0 Å². The maximum Gasteiger partial charge on any atom is 0.163 e. The lowest BCUT2D eigenvalue weighted by atomic mass is 10.1. The average molecular weight is 266 g/mol. The number of carbonyl (C=O) groups excluding carboxylic acids is 1. The Balaban J connectivity index is 2.07. The van der Waals surface area contributed by atoms with Gasteiger partial charge >= 0.3 is 0 Å². The SMILES string of the molecule is Cc1ccc(CC(=O)/C=C(/O)c2ccc(C)cc2)cc1. The fraction of sp³-hybridized carbons (Fsp3) is 0.167. The first kappa shape index (κ1) is 14.1. The van der Waals surface area contributed by atoms with Crippen LogP contribution in [-0.4, -0.2) is 10.9 Å². The number of hydrogen-bond donors (Lipinski definition) is 1. The van der Waals surface area contributed by atoms with Crippen LogP contribution in [0.4, 0.5) is 0 Å². The van der Waals surface area contributed by atoms with Crippen molar-refractivity contribution < 1.29 is 9.90 Å². The average Bonchev–Trinajstić information content (AvgIpc) is 2.42. The van der Waals surface area contributed by atoms with E-state index in [-0.39, 0.29) is 11.5 Å². The highest BCUT2D eigenvalue weighted by atomic mass is 16.3. The van der Waals surface area contributed by atoms with Crippen molar-refractivity contribution in [1.82, 2.24) is 0 Å². The van der Waals surface area contributed by atoms with Crippen LogP contribution in [0.15, 0.2) is 54.6 Å². The first-order valence-electron chi connectivity index (χ1n) is 6.60. The Hall–Kier alpha value is -2.35. The third-order valence-corrected chi connectivity index (χ3v) is 3.14. The third-order valence-electron chi connectivity index (χ3n) is 3.14. The zero-order valence-electron chi connectivity index (χ0n) is 11.8. The lowest BCUT2D eigenvalue weighted by Crippen LogP contribution is -2.00. The Morgan fingerprint density at radius 3 is 2.00 bits per heavy atom. The molecule has 0 fully saturated rings. The molecule has 0 heterocycles. The van der Waals surface area contributed by atoms with Gasteiger partial charge in [0.05, 0.1) is 0 Å². The first-order chi connectivity index (χ1) is 9.54. The van der Waals surface area contributed by atoms with E-state index in [9.17, 15) is 9.90 Å². The minimum Gasteiger partial charge on any atom is -0.507 e. The van der Waals surface area contributed by atoms with E-state index < -0.39 is 0 Å². The fourth-order valence-electron chi connectivity index (χ4n) is 1.92. The number of aliphatic hydroxyl groups excluding tert-OH is 1. The van der Waals surface area contributed by atoms with E-state index in [0.29, 0.717) is 12.0 Å². The predicted octanol–water partition coefficient (Wildman–Crippen LogP) is 4.01. The molecule has 2 aromatic carbocycles. The summed E-state index contributed by atoms with van der Waals surface area (Å²) in [5, 5.41) is 9.94. The third kappa shape index (κ3) is 3.82.